The average molecular weight is 502 g/mol. The van der Waals surface area contributed by atoms with Crippen LogP contribution in [0.4, 0.5) is 11.4 Å². The first-order valence-electron chi connectivity index (χ1n) is 11.0. The van der Waals surface area contributed by atoms with Gasteiger partial charge in [-0.3, -0.25) is 24.6 Å². The molecule has 1 saturated heterocycles. The fraction of sp³-hybridized carbons (Fsp3) is 0.111. The van der Waals surface area contributed by atoms with Crippen LogP contribution in [0.2, 0.25) is 0 Å². The van der Waals surface area contributed by atoms with Gasteiger partial charge in [-0.1, -0.05) is 29.8 Å². The van der Waals surface area contributed by atoms with Crippen LogP contribution >= 0.6 is 12.2 Å². The van der Waals surface area contributed by atoms with E-state index >= 15 is 0 Å². The summed E-state index contributed by atoms with van der Waals surface area (Å²) >= 11 is 5.22. The van der Waals surface area contributed by atoms with Crippen LogP contribution in [-0.2, 0) is 14.4 Å². The third-order valence-electron chi connectivity index (χ3n) is 5.33. The first-order chi connectivity index (χ1) is 17.3. The Morgan fingerprint density at radius 2 is 1.61 bits per heavy atom. The Balaban J connectivity index is 1.42. The highest BCUT2D eigenvalue weighted by Gasteiger charge is 2.34. The van der Waals surface area contributed by atoms with Crippen molar-refractivity contribution < 1.29 is 23.9 Å². The maximum absolute atomic E-state index is 13.1. The van der Waals surface area contributed by atoms with Gasteiger partial charge in [0.25, 0.3) is 17.7 Å². The zero-order valence-electron chi connectivity index (χ0n) is 19.6. The number of methoxy groups -OCH3 is 1. The highest BCUT2D eigenvalue weighted by atomic mass is 32.1. The summed E-state index contributed by atoms with van der Waals surface area (Å²) in [5.41, 5.74) is 2.83. The van der Waals surface area contributed by atoms with E-state index in [1.165, 1.54) is 11.0 Å². The van der Waals surface area contributed by atoms with Gasteiger partial charge in [0, 0.05) is 5.69 Å². The second-order valence-electron chi connectivity index (χ2n) is 7.93. The number of benzene rings is 3. The van der Waals surface area contributed by atoms with E-state index in [1.807, 2.05) is 31.2 Å². The molecule has 0 aliphatic carbocycles. The molecule has 36 heavy (non-hydrogen) atoms. The van der Waals surface area contributed by atoms with Crippen LogP contribution in [0.25, 0.3) is 6.08 Å². The molecule has 1 heterocycles. The molecule has 3 aromatic carbocycles. The Kier molecular flexibility index (Phi) is 7.41. The van der Waals surface area contributed by atoms with Gasteiger partial charge >= 0.3 is 0 Å². The van der Waals surface area contributed by atoms with Crippen molar-refractivity contribution in [1.82, 2.24) is 5.32 Å². The Hall–Kier alpha value is -4.50. The molecule has 4 rings (SSSR count). The molecule has 0 saturated carbocycles. The van der Waals surface area contributed by atoms with E-state index in [4.69, 9.17) is 21.7 Å². The maximum atomic E-state index is 13.1. The molecule has 1 fully saturated rings. The van der Waals surface area contributed by atoms with Crippen LogP contribution in [-0.4, -0.2) is 36.6 Å². The van der Waals surface area contributed by atoms with Gasteiger partial charge in [-0.25, -0.2) is 0 Å². The largest absolute Gasteiger partial charge is 0.497 e. The van der Waals surface area contributed by atoms with E-state index in [0.717, 1.165) is 5.56 Å². The standard InChI is InChI=1S/C27H23N3O5S/c1-17-3-7-19(8-4-17)28-24(31)16-35-22-11-5-18(6-12-22)15-23-25(32)29-27(36)30(26(23)33)20-9-13-21(34-2)14-10-20/h3-15H,16H2,1-2H3,(H,28,31)(H,29,32,36)/b23-15-. The van der Waals surface area contributed by atoms with E-state index in [2.05, 4.69) is 10.6 Å². The van der Waals surface area contributed by atoms with E-state index in [9.17, 15) is 14.4 Å². The van der Waals surface area contributed by atoms with Crippen molar-refractivity contribution in [2.45, 2.75) is 6.92 Å². The zero-order chi connectivity index (χ0) is 25.7. The predicted octanol–water partition coefficient (Wildman–Crippen LogP) is 3.85. The van der Waals surface area contributed by atoms with Crippen LogP contribution in [0.3, 0.4) is 0 Å². The molecule has 1 aliphatic rings. The molecule has 0 bridgehead atoms. The second-order valence-corrected chi connectivity index (χ2v) is 8.31. The Bertz CT molecular complexity index is 1330. The summed E-state index contributed by atoms with van der Waals surface area (Å²) in [6.07, 6.45) is 1.48. The monoisotopic (exact) mass is 501 g/mol. The fourth-order valence-electron chi connectivity index (χ4n) is 3.43. The van der Waals surface area contributed by atoms with Crippen LogP contribution in [0.15, 0.2) is 78.4 Å². The van der Waals surface area contributed by atoms with Gasteiger partial charge in [0.05, 0.1) is 12.8 Å². The fourth-order valence-corrected chi connectivity index (χ4v) is 3.71. The maximum Gasteiger partial charge on any atom is 0.270 e. The number of hydrogen-bond acceptors (Lipinski definition) is 6. The van der Waals surface area contributed by atoms with Crippen LogP contribution in [0.5, 0.6) is 11.5 Å². The number of anilines is 2. The van der Waals surface area contributed by atoms with Crippen LogP contribution < -0.4 is 25.0 Å². The Morgan fingerprint density at radius 1 is 0.972 bits per heavy atom. The van der Waals surface area contributed by atoms with Crippen molar-refractivity contribution in [3.63, 3.8) is 0 Å². The van der Waals surface area contributed by atoms with Gasteiger partial charge < -0.3 is 14.8 Å². The molecule has 0 radical (unpaired) electrons. The van der Waals surface area contributed by atoms with Crippen molar-refractivity contribution in [1.29, 1.82) is 0 Å². The number of carbonyl (C=O) groups is 3. The molecule has 3 aromatic rings. The molecular formula is C27H23N3O5S. The van der Waals surface area contributed by atoms with Gasteiger partial charge in [-0.2, -0.15) is 0 Å². The molecule has 1 aliphatic heterocycles. The minimum absolute atomic E-state index is 0.0000198. The average Bonchev–Trinajstić information content (AvgIpc) is 2.87. The summed E-state index contributed by atoms with van der Waals surface area (Å²) < 4.78 is 10.7. The lowest BCUT2D eigenvalue weighted by molar-refractivity contribution is -0.122. The summed E-state index contributed by atoms with van der Waals surface area (Å²) in [5.74, 6) is -0.311. The predicted molar refractivity (Wildman–Crippen MR) is 141 cm³/mol. The number of nitrogens with zero attached hydrogens (tertiary/aromatic N) is 1. The molecule has 2 N–H and O–H groups in total. The summed E-state index contributed by atoms with van der Waals surface area (Å²) in [5, 5.41) is 5.32. The molecule has 0 aromatic heterocycles. The molecule has 3 amide bonds. The van der Waals surface area contributed by atoms with Gasteiger partial charge in [-0.15, -0.1) is 0 Å². The number of amides is 3. The topological polar surface area (TPSA) is 97.0 Å². The first kappa shape index (κ1) is 24.6. The van der Waals surface area contributed by atoms with Crippen molar-refractivity contribution in [2.24, 2.45) is 0 Å². The molecule has 182 valence electrons. The number of rotatable bonds is 7. The summed E-state index contributed by atoms with van der Waals surface area (Å²) in [6, 6.07) is 20.9. The normalized spacial score (nSPS) is 14.4. The van der Waals surface area contributed by atoms with Crippen molar-refractivity contribution in [3.8, 4) is 11.5 Å². The van der Waals surface area contributed by atoms with Gasteiger partial charge in [0.1, 0.15) is 17.1 Å². The number of carbonyl (C=O) groups excluding carboxylic acids is 3. The van der Waals surface area contributed by atoms with Gasteiger partial charge in [0.15, 0.2) is 11.7 Å². The van der Waals surface area contributed by atoms with Gasteiger partial charge in [0.2, 0.25) is 0 Å². The second kappa shape index (κ2) is 10.8. The number of thiocarbonyl (C=S) groups is 1. The summed E-state index contributed by atoms with van der Waals surface area (Å²) in [6.45, 7) is 1.81. The number of aryl methyl sites for hydroxylation is 1. The molecule has 0 spiro atoms. The highest BCUT2D eigenvalue weighted by Crippen LogP contribution is 2.25. The zero-order valence-corrected chi connectivity index (χ0v) is 20.4. The van der Waals surface area contributed by atoms with E-state index < -0.39 is 11.8 Å². The van der Waals surface area contributed by atoms with Crippen LogP contribution in [0, 0.1) is 6.92 Å². The lowest BCUT2D eigenvalue weighted by Gasteiger charge is -2.29. The summed E-state index contributed by atoms with van der Waals surface area (Å²) in [7, 11) is 1.54. The molecule has 9 heteroatoms. The van der Waals surface area contributed by atoms with Crippen molar-refractivity contribution in [2.75, 3.05) is 23.9 Å². The summed E-state index contributed by atoms with van der Waals surface area (Å²) in [4.78, 5) is 39.0. The molecule has 8 nitrogen and oxygen atoms in total. The quantitative estimate of drug-likeness (QED) is 0.290. The van der Waals surface area contributed by atoms with Crippen molar-refractivity contribution >= 4 is 52.5 Å². The smallest absolute Gasteiger partial charge is 0.270 e. The Labute approximate surface area is 213 Å². The third kappa shape index (κ3) is 5.76. The van der Waals surface area contributed by atoms with E-state index in [1.54, 1.807) is 55.6 Å². The lowest BCUT2D eigenvalue weighted by atomic mass is 10.1. The van der Waals surface area contributed by atoms with E-state index in [0.29, 0.717) is 28.4 Å². The first-order valence-corrected chi connectivity index (χ1v) is 11.4. The van der Waals surface area contributed by atoms with Gasteiger partial charge in [-0.05, 0) is 79.3 Å². The van der Waals surface area contributed by atoms with Crippen molar-refractivity contribution in [3.05, 3.63) is 89.5 Å². The number of nitrogens with one attached hydrogen (secondary N) is 2. The SMILES string of the molecule is COc1ccc(N2C(=O)/C(=C\c3ccc(OCC(=O)Nc4ccc(C)cc4)cc3)C(=O)NC2=S)cc1. The number of hydrogen-bond donors (Lipinski definition) is 2. The molecule has 0 atom stereocenters. The highest BCUT2D eigenvalue weighted by molar-refractivity contribution is 7.80. The number of ether oxygens (including phenoxy) is 2. The molecular weight excluding hydrogens is 478 g/mol. The lowest BCUT2D eigenvalue weighted by Crippen LogP contribution is -2.54. The molecule has 0 unspecified atom stereocenters. The minimum Gasteiger partial charge on any atom is -0.497 e. The van der Waals surface area contributed by atoms with Crippen LogP contribution in [0.1, 0.15) is 11.1 Å². The third-order valence-corrected chi connectivity index (χ3v) is 5.61. The Morgan fingerprint density at radius 3 is 2.25 bits per heavy atom. The van der Waals surface area contributed by atoms with E-state index in [-0.39, 0.29) is 23.2 Å². The minimum atomic E-state index is -0.581.